The first kappa shape index (κ1) is 25.6. The number of methoxy groups -OCH3 is 1. The van der Waals surface area contributed by atoms with Crippen molar-refractivity contribution in [2.24, 2.45) is 0 Å². The molecular formula is C21H22O14. The summed E-state index contributed by atoms with van der Waals surface area (Å²) in [5.74, 6) is -6.58. The zero-order valence-electron chi connectivity index (χ0n) is 17.9. The molecule has 0 aliphatic carbocycles. The number of aliphatic hydroxyl groups is 3. The Hall–Kier alpha value is -3.98. The Kier molecular flexibility index (Phi) is 7.40. The lowest BCUT2D eigenvalue weighted by Crippen LogP contribution is -2.60. The molecule has 0 aromatic heterocycles. The Morgan fingerprint density at radius 2 is 1.34 bits per heavy atom. The number of phenols is 5. The van der Waals surface area contributed by atoms with Crippen molar-refractivity contribution in [3.8, 4) is 34.5 Å². The van der Waals surface area contributed by atoms with Crippen molar-refractivity contribution in [1.82, 2.24) is 0 Å². The van der Waals surface area contributed by atoms with E-state index in [0.717, 1.165) is 31.4 Å². The number of hydrogen-bond donors (Lipinski definition) is 8. The topological polar surface area (TPSA) is 233 Å². The van der Waals surface area contributed by atoms with E-state index in [1.165, 1.54) is 0 Å². The van der Waals surface area contributed by atoms with Crippen LogP contribution < -0.4 is 4.74 Å². The highest BCUT2D eigenvalue weighted by molar-refractivity contribution is 5.91. The van der Waals surface area contributed by atoms with Gasteiger partial charge in [0.05, 0.1) is 18.2 Å². The molecule has 0 unspecified atom stereocenters. The van der Waals surface area contributed by atoms with E-state index in [9.17, 15) is 50.4 Å². The minimum atomic E-state index is -1.88. The van der Waals surface area contributed by atoms with Crippen LogP contribution in [0.4, 0.5) is 0 Å². The minimum Gasteiger partial charge on any atom is -0.504 e. The SMILES string of the molecule is COC(=O)c1cc(O)c(O)c(O[C@@H]2O[C@H](COC(=O)c3cc(O)c(O)c(O)c3)[C@@H](O)[C@H](O)[C@H]2O)c1. The molecule has 2 aromatic carbocycles. The van der Waals surface area contributed by atoms with Gasteiger partial charge in [0.1, 0.15) is 31.0 Å². The summed E-state index contributed by atoms with van der Waals surface area (Å²) in [7, 11) is 1.07. The van der Waals surface area contributed by atoms with E-state index in [-0.39, 0.29) is 11.1 Å². The molecule has 190 valence electrons. The van der Waals surface area contributed by atoms with Crippen LogP contribution in [0.25, 0.3) is 0 Å². The standard InChI is InChI=1S/C21H22O14/c1-32-19(30)8-4-11(24)15(26)12(5-8)34-21-18(29)17(28)16(27)13(35-21)6-33-20(31)7-2-9(22)14(25)10(23)3-7/h2-5,13,16-18,21-29H,6H2,1H3/t13-,16-,17+,18-,21-/m1/s1. The van der Waals surface area contributed by atoms with Gasteiger partial charge >= 0.3 is 11.9 Å². The molecule has 35 heavy (non-hydrogen) atoms. The van der Waals surface area contributed by atoms with E-state index in [0.29, 0.717) is 0 Å². The number of carbonyl (C=O) groups is 2. The molecule has 14 nitrogen and oxygen atoms in total. The van der Waals surface area contributed by atoms with Gasteiger partial charge in [-0.25, -0.2) is 9.59 Å². The highest BCUT2D eigenvalue weighted by atomic mass is 16.7. The molecule has 0 saturated carbocycles. The lowest BCUT2D eigenvalue weighted by atomic mass is 9.99. The highest BCUT2D eigenvalue weighted by Gasteiger charge is 2.46. The van der Waals surface area contributed by atoms with Gasteiger partial charge in [-0.3, -0.25) is 0 Å². The molecule has 8 N–H and O–H groups in total. The van der Waals surface area contributed by atoms with Gasteiger partial charge in [0.15, 0.2) is 28.7 Å². The first-order valence-corrected chi connectivity index (χ1v) is 9.87. The zero-order valence-corrected chi connectivity index (χ0v) is 17.9. The molecule has 1 saturated heterocycles. The van der Waals surface area contributed by atoms with Crippen LogP contribution in [0.15, 0.2) is 24.3 Å². The summed E-state index contributed by atoms with van der Waals surface area (Å²) in [6.45, 7) is -0.717. The molecule has 0 radical (unpaired) electrons. The maximum atomic E-state index is 12.2. The lowest BCUT2D eigenvalue weighted by molar-refractivity contribution is -0.277. The van der Waals surface area contributed by atoms with Crippen LogP contribution in [-0.4, -0.2) is 97.2 Å². The van der Waals surface area contributed by atoms with Crippen molar-refractivity contribution < 1.29 is 69.4 Å². The molecule has 0 spiro atoms. The quantitative estimate of drug-likeness (QED) is 0.177. The number of phenolic OH excluding ortho intramolecular Hbond substituents is 5. The van der Waals surface area contributed by atoms with Crippen LogP contribution in [0.2, 0.25) is 0 Å². The van der Waals surface area contributed by atoms with Crippen LogP contribution in [0, 0.1) is 0 Å². The third kappa shape index (κ3) is 5.25. The van der Waals surface area contributed by atoms with Crippen molar-refractivity contribution in [3.05, 3.63) is 35.4 Å². The summed E-state index contributed by atoms with van der Waals surface area (Å²) in [4.78, 5) is 24.0. The lowest BCUT2D eigenvalue weighted by Gasteiger charge is -2.39. The fourth-order valence-electron chi connectivity index (χ4n) is 3.16. The number of rotatable bonds is 6. The molecule has 2 aromatic rings. The van der Waals surface area contributed by atoms with Crippen molar-refractivity contribution in [2.75, 3.05) is 13.7 Å². The maximum Gasteiger partial charge on any atom is 0.338 e. The average Bonchev–Trinajstić information content (AvgIpc) is 2.83. The van der Waals surface area contributed by atoms with E-state index in [1.807, 2.05) is 0 Å². The minimum absolute atomic E-state index is 0.227. The molecule has 5 atom stereocenters. The van der Waals surface area contributed by atoms with Gasteiger partial charge < -0.3 is 59.8 Å². The molecule has 14 heteroatoms. The molecule has 1 fully saturated rings. The molecule has 3 rings (SSSR count). The molecular weight excluding hydrogens is 476 g/mol. The summed E-state index contributed by atoms with van der Waals surface area (Å²) in [6.07, 6.45) is -8.80. The highest BCUT2D eigenvalue weighted by Crippen LogP contribution is 2.39. The first-order chi connectivity index (χ1) is 16.4. The van der Waals surface area contributed by atoms with Gasteiger partial charge in [0.25, 0.3) is 0 Å². The third-order valence-electron chi connectivity index (χ3n) is 5.07. The van der Waals surface area contributed by atoms with Crippen LogP contribution in [-0.2, 0) is 14.2 Å². The second-order valence-corrected chi connectivity index (χ2v) is 7.43. The van der Waals surface area contributed by atoms with Gasteiger partial charge in [0, 0.05) is 0 Å². The molecule has 0 amide bonds. The van der Waals surface area contributed by atoms with E-state index < -0.39 is 83.7 Å². The smallest absolute Gasteiger partial charge is 0.338 e. The Morgan fingerprint density at radius 3 is 1.91 bits per heavy atom. The predicted octanol–water partition coefficient (Wildman–Crippen LogP) is -0.955. The van der Waals surface area contributed by atoms with Crippen LogP contribution >= 0.6 is 0 Å². The second-order valence-electron chi connectivity index (χ2n) is 7.43. The largest absolute Gasteiger partial charge is 0.504 e. The van der Waals surface area contributed by atoms with Crippen LogP contribution in [0.3, 0.4) is 0 Å². The Morgan fingerprint density at radius 1 is 0.800 bits per heavy atom. The number of esters is 2. The number of benzene rings is 2. The number of hydrogen-bond acceptors (Lipinski definition) is 14. The van der Waals surface area contributed by atoms with Gasteiger partial charge in [-0.15, -0.1) is 0 Å². The van der Waals surface area contributed by atoms with Crippen molar-refractivity contribution in [1.29, 1.82) is 0 Å². The average molecular weight is 498 g/mol. The Labute approximate surface area is 196 Å². The summed E-state index contributed by atoms with van der Waals surface area (Å²) in [5.41, 5.74) is -0.592. The van der Waals surface area contributed by atoms with Crippen LogP contribution in [0.1, 0.15) is 20.7 Å². The molecule has 1 aliphatic rings. The van der Waals surface area contributed by atoms with Crippen molar-refractivity contribution >= 4 is 11.9 Å². The summed E-state index contributed by atoms with van der Waals surface area (Å²) in [5, 5.41) is 78.9. The number of carbonyl (C=O) groups excluding carboxylic acids is 2. The summed E-state index contributed by atoms with van der Waals surface area (Å²) < 4.78 is 20.1. The summed E-state index contributed by atoms with van der Waals surface area (Å²) >= 11 is 0. The Bertz CT molecular complexity index is 1090. The predicted molar refractivity (Wildman–Crippen MR) is 110 cm³/mol. The van der Waals surface area contributed by atoms with Gasteiger partial charge in [-0.05, 0) is 24.3 Å². The maximum absolute atomic E-state index is 12.2. The molecule has 0 bridgehead atoms. The monoisotopic (exact) mass is 498 g/mol. The van der Waals surface area contributed by atoms with Gasteiger partial charge in [0.2, 0.25) is 12.0 Å². The van der Waals surface area contributed by atoms with E-state index in [4.69, 9.17) is 14.2 Å². The van der Waals surface area contributed by atoms with E-state index in [1.54, 1.807) is 0 Å². The third-order valence-corrected chi connectivity index (χ3v) is 5.07. The fraction of sp³-hybridized carbons (Fsp3) is 0.333. The number of aliphatic hydroxyl groups excluding tert-OH is 3. The zero-order chi connectivity index (χ0) is 26.0. The first-order valence-electron chi connectivity index (χ1n) is 9.87. The Balaban J connectivity index is 1.76. The number of aromatic hydroxyl groups is 5. The number of ether oxygens (including phenoxy) is 4. The van der Waals surface area contributed by atoms with E-state index in [2.05, 4.69) is 4.74 Å². The van der Waals surface area contributed by atoms with E-state index >= 15 is 0 Å². The second kappa shape index (κ2) is 10.1. The van der Waals surface area contributed by atoms with Crippen molar-refractivity contribution in [2.45, 2.75) is 30.7 Å². The fourth-order valence-corrected chi connectivity index (χ4v) is 3.16. The van der Waals surface area contributed by atoms with Crippen molar-refractivity contribution in [3.63, 3.8) is 0 Å². The van der Waals surface area contributed by atoms with Gasteiger partial charge in [-0.2, -0.15) is 0 Å². The molecule has 1 aliphatic heterocycles. The van der Waals surface area contributed by atoms with Crippen LogP contribution in [0.5, 0.6) is 34.5 Å². The normalized spacial score (nSPS) is 23.9. The summed E-state index contributed by atoms with van der Waals surface area (Å²) in [6, 6.07) is 3.48. The molecule has 1 heterocycles. The van der Waals surface area contributed by atoms with Gasteiger partial charge in [-0.1, -0.05) is 0 Å².